The molecule has 2 rings (SSSR count). The second kappa shape index (κ2) is 8.12. The summed E-state index contributed by atoms with van der Waals surface area (Å²) >= 11 is 0. The summed E-state index contributed by atoms with van der Waals surface area (Å²) in [6.07, 6.45) is 2.60. The number of ether oxygens (including phenoxy) is 2. The highest BCUT2D eigenvalue weighted by atomic mass is 16.5. The standard InChI is InChI=1S/C16H26N2O2/c1-3-19-15-6-8-16(9-7-15)20-12-11-18-10-4-5-14(18)13-17-2/h6-9,14,17H,3-5,10-13H2,1-2H3. The molecule has 0 aromatic heterocycles. The number of benzene rings is 1. The van der Waals surface area contributed by atoms with Crippen LogP contribution < -0.4 is 14.8 Å². The molecule has 20 heavy (non-hydrogen) atoms. The van der Waals surface area contributed by atoms with Crippen molar-refractivity contribution >= 4 is 0 Å². The predicted octanol–water partition coefficient (Wildman–Crippen LogP) is 2.15. The molecule has 4 heteroatoms. The highest BCUT2D eigenvalue weighted by molar-refractivity contribution is 5.31. The summed E-state index contributed by atoms with van der Waals surface area (Å²) in [4.78, 5) is 2.52. The number of nitrogens with one attached hydrogen (secondary N) is 1. The van der Waals surface area contributed by atoms with E-state index >= 15 is 0 Å². The van der Waals surface area contributed by atoms with Gasteiger partial charge in [-0.1, -0.05) is 0 Å². The Morgan fingerprint density at radius 1 is 1.20 bits per heavy atom. The Hall–Kier alpha value is -1.26. The zero-order valence-electron chi connectivity index (χ0n) is 12.6. The van der Waals surface area contributed by atoms with Crippen molar-refractivity contribution < 1.29 is 9.47 Å². The number of rotatable bonds is 8. The lowest BCUT2D eigenvalue weighted by molar-refractivity contribution is 0.195. The number of likely N-dealkylation sites (tertiary alicyclic amines) is 1. The van der Waals surface area contributed by atoms with E-state index in [-0.39, 0.29) is 0 Å². The van der Waals surface area contributed by atoms with Crippen molar-refractivity contribution in [2.45, 2.75) is 25.8 Å². The second-order valence-electron chi connectivity index (χ2n) is 5.14. The summed E-state index contributed by atoms with van der Waals surface area (Å²) in [5.41, 5.74) is 0. The van der Waals surface area contributed by atoms with Crippen molar-refractivity contribution in [1.82, 2.24) is 10.2 Å². The molecule has 4 nitrogen and oxygen atoms in total. The fourth-order valence-corrected chi connectivity index (χ4v) is 2.74. The lowest BCUT2D eigenvalue weighted by Crippen LogP contribution is -2.38. The van der Waals surface area contributed by atoms with Crippen LogP contribution in [0.3, 0.4) is 0 Å². The maximum absolute atomic E-state index is 5.81. The first-order chi connectivity index (χ1) is 9.83. The molecule has 0 saturated carbocycles. The van der Waals surface area contributed by atoms with Crippen LogP contribution in [-0.4, -0.2) is 50.8 Å². The zero-order chi connectivity index (χ0) is 14.2. The van der Waals surface area contributed by atoms with Gasteiger partial charge in [-0.3, -0.25) is 4.90 Å². The first-order valence-electron chi connectivity index (χ1n) is 7.57. The molecule has 0 spiro atoms. The third-order valence-corrected chi connectivity index (χ3v) is 3.72. The van der Waals surface area contributed by atoms with E-state index in [2.05, 4.69) is 10.2 Å². The molecule has 1 heterocycles. The molecule has 1 fully saturated rings. The van der Waals surface area contributed by atoms with Crippen molar-refractivity contribution in [3.63, 3.8) is 0 Å². The summed E-state index contributed by atoms with van der Waals surface area (Å²) < 4.78 is 11.2. The average molecular weight is 278 g/mol. The highest BCUT2D eigenvalue weighted by Crippen LogP contribution is 2.19. The monoisotopic (exact) mass is 278 g/mol. The molecule has 1 unspecified atom stereocenters. The van der Waals surface area contributed by atoms with Crippen LogP contribution in [0, 0.1) is 0 Å². The van der Waals surface area contributed by atoms with Gasteiger partial charge in [0.05, 0.1) is 6.61 Å². The largest absolute Gasteiger partial charge is 0.494 e. The predicted molar refractivity (Wildman–Crippen MR) is 81.6 cm³/mol. The van der Waals surface area contributed by atoms with Gasteiger partial charge in [-0.25, -0.2) is 0 Å². The minimum Gasteiger partial charge on any atom is -0.494 e. The Morgan fingerprint density at radius 3 is 2.55 bits per heavy atom. The molecule has 1 aromatic carbocycles. The summed E-state index contributed by atoms with van der Waals surface area (Å²) in [6, 6.07) is 8.53. The SMILES string of the molecule is CCOc1ccc(OCCN2CCCC2CNC)cc1. The van der Waals surface area contributed by atoms with Gasteiger partial charge in [0, 0.05) is 19.1 Å². The van der Waals surface area contributed by atoms with Crippen LogP contribution in [0.1, 0.15) is 19.8 Å². The molecule has 112 valence electrons. The molecule has 1 aromatic rings. The van der Waals surface area contributed by atoms with Gasteiger partial charge in [-0.15, -0.1) is 0 Å². The van der Waals surface area contributed by atoms with Gasteiger partial charge < -0.3 is 14.8 Å². The fraction of sp³-hybridized carbons (Fsp3) is 0.625. The fourth-order valence-electron chi connectivity index (χ4n) is 2.74. The lowest BCUT2D eigenvalue weighted by atomic mass is 10.2. The summed E-state index contributed by atoms with van der Waals surface area (Å²) in [5.74, 6) is 1.81. The van der Waals surface area contributed by atoms with Crippen LogP contribution in [0.5, 0.6) is 11.5 Å². The van der Waals surface area contributed by atoms with E-state index in [0.717, 1.165) is 31.2 Å². The number of hydrogen-bond acceptors (Lipinski definition) is 4. The van der Waals surface area contributed by atoms with Gasteiger partial charge in [-0.05, 0) is 57.6 Å². The van der Waals surface area contributed by atoms with E-state index in [9.17, 15) is 0 Å². The van der Waals surface area contributed by atoms with Gasteiger partial charge in [0.2, 0.25) is 0 Å². The van der Waals surface area contributed by atoms with E-state index in [1.807, 2.05) is 38.2 Å². The Morgan fingerprint density at radius 2 is 1.90 bits per heavy atom. The van der Waals surface area contributed by atoms with Crippen molar-refractivity contribution in [3.8, 4) is 11.5 Å². The van der Waals surface area contributed by atoms with E-state index in [4.69, 9.17) is 9.47 Å². The maximum Gasteiger partial charge on any atom is 0.119 e. The van der Waals surface area contributed by atoms with E-state index in [1.54, 1.807) is 0 Å². The summed E-state index contributed by atoms with van der Waals surface area (Å²) in [7, 11) is 2.02. The Labute approximate surface area is 122 Å². The lowest BCUT2D eigenvalue weighted by Gasteiger charge is -2.24. The van der Waals surface area contributed by atoms with Gasteiger partial charge >= 0.3 is 0 Å². The molecule has 1 atom stereocenters. The number of hydrogen-bond donors (Lipinski definition) is 1. The number of nitrogens with zero attached hydrogens (tertiary/aromatic N) is 1. The Balaban J connectivity index is 1.72. The minimum atomic E-state index is 0.670. The molecular weight excluding hydrogens is 252 g/mol. The molecule has 0 aliphatic carbocycles. The van der Waals surface area contributed by atoms with Crippen LogP contribution >= 0.6 is 0 Å². The number of likely N-dealkylation sites (N-methyl/N-ethyl adjacent to an activating group) is 1. The highest BCUT2D eigenvalue weighted by Gasteiger charge is 2.23. The first kappa shape index (κ1) is 15.1. The molecule has 0 bridgehead atoms. The van der Waals surface area contributed by atoms with Crippen LogP contribution in [0.2, 0.25) is 0 Å². The van der Waals surface area contributed by atoms with Crippen molar-refractivity contribution in [3.05, 3.63) is 24.3 Å². The van der Waals surface area contributed by atoms with E-state index < -0.39 is 0 Å². The van der Waals surface area contributed by atoms with E-state index in [1.165, 1.54) is 19.4 Å². The normalized spacial score (nSPS) is 19.2. The van der Waals surface area contributed by atoms with Crippen molar-refractivity contribution in [2.75, 3.05) is 39.9 Å². The first-order valence-corrected chi connectivity index (χ1v) is 7.57. The minimum absolute atomic E-state index is 0.670. The topological polar surface area (TPSA) is 33.7 Å². The van der Waals surface area contributed by atoms with Gasteiger partial charge in [-0.2, -0.15) is 0 Å². The van der Waals surface area contributed by atoms with Crippen molar-refractivity contribution in [2.24, 2.45) is 0 Å². The zero-order valence-corrected chi connectivity index (χ0v) is 12.6. The van der Waals surface area contributed by atoms with Gasteiger partial charge in [0.1, 0.15) is 18.1 Å². The van der Waals surface area contributed by atoms with Crippen LogP contribution in [0.4, 0.5) is 0 Å². The molecular formula is C16H26N2O2. The smallest absolute Gasteiger partial charge is 0.119 e. The maximum atomic E-state index is 5.81. The van der Waals surface area contributed by atoms with Crippen LogP contribution in [0.15, 0.2) is 24.3 Å². The van der Waals surface area contributed by atoms with Crippen LogP contribution in [0.25, 0.3) is 0 Å². The molecule has 1 aliphatic rings. The van der Waals surface area contributed by atoms with E-state index in [0.29, 0.717) is 12.6 Å². The average Bonchev–Trinajstić information content (AvgIpc) is 2.89. The van der Waals surface area contributed by atoms with Gasteiger partial charge in [0.15, 0.2) is 0 Å². The molecule has 1 aliphatic heterocycles. The second-order valence-corrected chi connectivity index (χ2v) is 5.14. The van der Waals surface area contributed by atoms with Crippen LogP contribution in [-0.2, 0) is 0 Å². The summed E-state index contributed by atoms with van der Waals surface area (Å²) in [6.45, 7) is 6.69. The Kier molecular flexibility index (Phi) is 6.15. The molecule has 0 amide bonds. The molecule has 1 saturated heterocycles. The molecule has 0 radical (unpaired) electrons. The van der Waals surface area contributed by atoms with Crippen molar-refractivity contribution in [1.29, 1.82) is 0 Å². The third-order valence-electron chi connectivity index (χ3n) is 3.72. The summed E-state index contributed by atoms with van der Waals surface area (Å²) in [5, 5.41) is 3.27. The van der Waals surface area contributed by atoms with Gasteiger partial charge in [0.25, 0.3) is 0 Å². The quantitative estimate of drug-likeness (QED) is 0.790. The third kappa shape index (κ3) is 4.39. The molecule has 1 N–H and O–H groups in total. The Bertz CT molecular complexity index is 381.